The molecule has 1 saturated carbocycles. The summed E-state index contributed by atoms with van der Waals surface area (Å²) < 4.78 is 0. The number of hydrogen-bond acceptors (Lipinski definition) is 1. The quantitative estimate of drug-likeness (QED) is 0.726. The van der Waals surface area contributed by atoms with Gasteiger partial charge in [-0.05, 0) is 18.4 Å². The van der Waals surface area contributed by atoms with Crippen LogP contribution in [-0.4, -0.2) is 4.99 Å². The van der Waals surface area contributed by atoms with Crippen molar-refractivity contribution in [2.75, 3.05) is 0 Å². The highest BCUT2D eigenvalue weighted by atomic mass is 32.1. The molecule has 1 fully saturated rings. The van der Waals surface area contributed by atoms with Gasteiger partial charge in [-0.15, -0.1) is 0 Å². The highest BCUT2D eigenvalue weighted by Crippen LogP contribution is 2.43. The molecule has 0 spiro atoms. The molecule has 0 radical (unpaired) electrons. The molecule has 2 N–H and O–H groups in total. The molecular formula is C11H13NS. The molecule has 1 nitrogen and oxygen atoms in total. The topological polar surface area (TPSA) is 26.0 Å². The van der Waals surface area contributed by atoms with Crippen molar-refractivity contribution in [3.63, 3.8) is 0 Å². The van der Waals surface area contributed by atoms with Crippen molar-refractivity contribution in [2.24, 2.45) is 5.73 Å². The van der Waals surface area contributed by atoms with Gasteiger partial charge < -0.3 is 5.73 Å². The molecule has 2 heteroatoms. The molecule has 1 aliphatic carbocycles. The van der Waals surface area contributed by atoms with Gasteiger partial charge in [-0.25, -0.2) is 0 Å². The maximum atomic E-state index is 5.80. The molecule has 1 aliphatic rings. The van der Waals surface area contributed by atoms with E-state index in [-0.39, 0.29) is 5.41 Å². The molecule has 0 unspecified atom stereocenters. The van der Waals surface area contributed by atoms with Crippen LogP contribution < -0.4 is 5.73 Å². The van der Waals surface area contributed by atoms with E-state index in [4.69, 9.17) is 18.0 Å². The summed E-state index contributed by atoms with van der Waals surface area (Å²) in [6.07, 6.45) is 3.48. The maximum Gasteiger partial charge on any atom is 0.0834 e. The average Bonchev–Trinajstić information content (AvgIpc) is 2.03. The fourth-order valence-electron chi connectivity index (χ4n) is 1.96. The lowest BCUT2D eigenvalue weighted by Gasteiger charge is -2.41. The van der Waals surface area contributed by atoms with Gasteiger partial charge in [0.15, 0.2) is 0 Å². The monoisotopic (exact) mass is 191 g/mol. The third kappa shape index (κ3) is 1.25. The lowest BCUT2D eigenvalue weighted by atomic mass is 9.64. The minimum atomic E-state index is 0.0244. The van der Waals surface area contributed by atoms with Crippen LogP contribution >= 0.6 is 12.2 Å². The Kier molecular flexibility index (Phi) is 2.08. The van der Waals surface area contributed by atoms with E-state index in [1.54, 1.807) is 0 Å². The van der Waals surface area contributed by atoms with Crippen LogP contribution in [0.1, 0.15) is 24.8 Å². The molecule has 0 aromatic heterocycles. The summed E-state index contributed by atoms with van der Waals surface area (Å²) in [5.41, 5.74) is 7.11. The van der Waals surface area contributed by atoms with Crippen molar-refractivity contribution in [3.05, 3.63) is 35.9 Å². The first-order valence-corrected chi connectivity index (χ1v) is 5.02. The van der Waals surface area contributed by atoms with Gasteiger partial charge in [0.2, 0.25) is 0 Å². The van der Waals surface area contributed by atoms with Gasteiger partial charge in [-0.2, -0.15) is 0 Å². The van der Waals surface area contributed by atoms with Gasteiger partial charge in [0.1, 0.15) is 0 Å². The molecule has 13 heavy (non-hydrogen) atoms. The molecule has 0 heterocycles. The second-order valence-electron chi connectivity index (χ2n) is 3.67. The fourth-order valence-corrected chi connectivity index (χ4v) is 2.29. The first kappa shape index (κ1) is 8.70. The molecule has 0 atom stereocenters. The highest BCUT2D eigenvalue weighted by Gasteiger charge is 2.41. The van der Waals surface area contributed by atoms with Crippen LogP contribution in [0.25, 0.3) is 0 Å². The Morgan fingerprint density at radius 2 is 1.85 bits per heavy atom. The molecule has 0 aliphatic heterocycles. The van der Waals surface area contributed by atoms with E-state index in [0.717, 1.165) is 12.8 Å². The summed E-state index contributed by atoms with van der Waals surface area (Å²) in [6, 6.07) is 10.4. The summed E-state index contributed by atoms with van der Waals surface area (Å²) in [7, 11) is 0. The normalized spacial score (nSPS) is 19.1. The SMILES string of the molecule is NC(=S)C1(c2ccccc2)CCC1. The lowest BCUT2D eigenvalue weighted by Crippen LogP contribution is -2.45. The van der Waals surface area contributed by atoms with Gasteiger partial charge in [0.25, 0.3) is 0 Å². The average molecular weight is 191 g/mol. The zero-order valence-corrected chi connectivity index (χ0v) is 8.31. The maximum absolute atomic E-state index is 5.80. The number of hydrogen-bond donors (Lipinski definition) is 1. The van der Waals surface area contributed by atoms with Crippen LogP contribution in [0, 0.1) is 0 Å². The number of rotatable bonds is 2. The molecule has 2 rings (SSSR count). The van der Waals surface area contributed by atoms with Gasteiger partial charge in [-0.3, -0.25) is 0 Å². The molecule has 1 aromatic rings. The standard InChI is InChI=1S/C11H13NS/c12-10(13)11(7-4-8-11)9-5-2-1-3-6-9/h1-3,5-6H,4,7-8H2,(H2,12,13). The van der Waals surface area contributed by atoms with Crippen LogP contribution in [0.4, 0.5) is 0 Å². The van der Waals surface area contributed by atoms with E-state index < -0.39 is 0 Å². The Hall–Kier alpha value is -0.890. The molecular weight excluding hydrogens is 178 g/mol. The summed E-state index contributed by atoms with van der Waals surface area (Å²) >= 11 is 5.14. The van der Waals surface area contributed by atoms with E-state index >= 15 is 0 Å². The van der Waals surface area contributed by atoms with Crippen LogP contribution in [0.2, 0.25) is 0 Å². The molecule has 0 bridgehead atoms. The van der Waals surface area contributed by atoms with Crippen molar-refractivity contribution >= 4 is 17.2 Å². The van der Waals surface area contributed by atoms with E-state index in [2.05, 4.69) is 12.1 Å². The predicted octanol–water partition coefficient (Wildman–Crippen LogP) is 2.39. The fraction of sp³-hybridized carbons (Fsp3) is 0.364. The Morgan fingerprint density at radius 3 is 2.23 bits per heavy atom. The lowest BCUT2D eigenvalue weighted by molar-refractivity contribution is 0.342. The van der Waals surface area contributed by atoms with E-state index in [1.165, 1.54) is 12.0 Å². The third-order valence-electron chi connectivity index (χ3n) is 3.01. The first-order valence-electron chi connectivity index (χ1n) is 4.61. The summed E-state index contributed by atoms with van der Waals surface area (Å²) in [5, 5.41) is 0. The molecule has 0 saturated heterocycles. The van der Waals surface area contributed by atoms with Crippen molar-refractivity contribution < 1.29 is 0 Å². The Balaban J connectivity index is 2.38. The largest absolute Gasteiger partial charge is 0.393 e. The van der Waals surface area contributed by atoms with Crippen molar-refractivity contribution in [3.8, 4) is 0 Å². The zero-order valence-electron chi connectivity index (χ0n) is 7.49. The Bertz CT molecular complexity index is 314. The first-order chi connectivity index (χ1) is 6.26. The summed E-state index contributed by atoms with van der Waals surface area (Å²) in [5.74, 6) is 0. The number of nitrogens with two attached hydrogens (primary N) is 1. The summed E-state index contributed by atoms with van der Waals surface area (Å²) in [6.45, 7) is 0. The van der Waals surface area contributed by atoms with Crippen molar-refractivity contribution in [1.29, 1.82) is 0 Å². The van der Waals surface area contributed by atoms with Crippen LogP contribution in [0.15, 0.2) is 30.3 Å². The molecule has 0 amide bonds. The van der Waals surface area contributed by atoms with Gasteiger partial charge in [0, 0.05) is 5.41 Å². The van der Waals surface area contributed by atoms with Gasteiger partial charge >= 0.3 is 0 Å². The van der Waals surface area contributed by atoms with Crippen molar-refractivity contribution in [1.82, 2.24) is 0 Å². The number of thiocarbonyl (C=S) groups is 1. The van der Waals surface area contributed by atoms with Gasteiger partial charge in [-0.1, -0.05) is 49.0 Å². The third-order valence-corrected chi connectivity index (χ3v) is 3.40. The zero-order chi connectivity index (χ0) is 9.31. The highest BCUT2D eigenvalue weighted by molar-refractivity contribution is 7.80. The van der Waals surface area contributed by atoms with Crippen molar-refractivity contribution in [2.45, 2.75) is 24.7 Å². The summed E-state index contributed by atoms with van der Waals surface area (Å²) in [4.78, 5) is 0.657. The minimum Gasteiger partial charge on any atom is -0.393 e. The molecule has 68 valence electrons. The minimum absolute atomic E-state index is 0.0244. The Labute approximate surface area is 83.9 Å². The Morgan fingerprint density at radius 1 is 1.23 bits per heavy atom. The molecule has 1 aromatic carbocycles. The second kappa shape index (κ2) is 3.11. The predicted molar refractivity (Wildman–Crippen MR) is 58.8 cm³/mol. The van der Waals surface area contributed by atoms with E-state index in [9.17, 15) is 0 Å². The smallest absolute Gasteiger partial charge is 0.0834 e. The van der Waals surface area contributed by atoms with Crippen LogP contribution in [0.3, 0.4) is 0 Å². The second-order valence-corrected chi connectivity index (χ2v) is 4.11. The van der Waals surface area contributed by atoms with Crippen LogP contribution in [-0.2, 0) is 5.41 Å². The van der Waals surface area contributed by atoms with Crippen LogP contribution in [0.5, 0.6) is 0 Å². The van der Waals surface area contributed by atoms with E-state index in [1.807, 2.05) is 18.2 Å². The van der Waals surface area contributed by atoms with Gasteiger partial charge in [0.05, 0.1) is 4.99 Å². The number of benzene rings is 1. The van der Waals surface area contributed by atoms with E-state index in [0.29, 0.717) is 4.99 Å².